The number of benzene rings is 3. The van der Waals surface area contributed by atoms with E-state index in [1.165, 1.54) is 12.1 Å². The first-order chi connectivity index (χ1) is 13.6. The predicted molar refractivity (Wildman–Crippen MR) is 112 cm³/mol. The second kappa shape index (κ2) is 6.55. The zero-order valence-electron chi connectivity index (χ0n) is 16.8. The fourth-order valence-corrected chi connectivity index (χ4v) is 3.80. The Morgan fingerprint density at radius 3 is 1.90 bits per heavy atom. The molecule has 0 aliphatic carbocycles. The summed E-state index contributed by atoms with van der Waals surface area (Å²) < 4.78 is 46.9. The van der Waals surface area contributed by atoms with Crippen molar-refractivity contribution >= 4 is 33.3 Å². The van der Waals surface area contributed by atoms with Crippen LogP contribution >= 0.6 is 0 Å². The Hall–Kier alpha value is -2.95. The van der Waals surface area contributed by atoms with Crippen molar-refractivity contribution < 1.29 is 17.6 Å². The number of hydrogen-bond donors (Lipinski definition) is 0. The Balaban J connectivity index is 1.97. The maximum atomic E-state index is 13.5. The molecular formula is C24H22F3NO. The van der Waals surface area contributed by atoms with E-state index < -0.39 is 11.7 Å². The molecule has 0 N–H and O–H groups in total. The van der Waals surface area contributed by atoms with Crippen LogP contribution in [0.2, 0.25) is 0 Å². The highest BCUT2D eigenvalue weighted by atomic mass is 19.4. The van der Waals surface area contributed by atoms with Gasteiger partial charge in [-0.15, -0.1) is 0 Å². The summed E-state index contributed by atoms with van der Waals surface area (Å²) in [6.45, 7) is 6.34. The van der Waals surface area contributed by atoms with Gasteiger partial charge in [-0.05, 0) is 23.6 Å². The van der Waals surface area contributed by atoms with Crippen LogP contribution in [-0.4, -0.2) is 7.05 Å². The molecule has 4 rings (SSSR count). The molecule has 150 valence electrons. The van der Waals surface area contributed by atoms with Crippen molar-refractivity contribution in [2.45, 2.75) is 32.4 Å². The summed E-state index contributed by atoms with van der Waals surface area (Å²) in [5.74, 6) is 0. The molecule has 2 nitrogen and oxygen atoms in total. The fraction of sp³-hybridized carbons (Fsp3) is 0.250. The minimum Gasteiger partial charge on any atom is -0.454 e. The molecular weight excluding hydrogens is 375 g/mol. The van der Waals surface area contributed by atoms with Gasteiger partial charge in [-0.3, -0.25) is 0 Å². The van der Waals surface area contributed by atoms with Gasteiger partial charge >= 0.3 is 6.18 Å². The zero-order chi connectivity index (χ0) is 21.0. The first-order valence-electron chi connectivity index (χ1n) is 9.44. The lowest BCUT2D eigenvalue weighted by Crippen LogP contribution is -2.16. The van der Waals surface area contributed by atoms with Crippen molar-refractivity contribution in [1.82, 2.24) is 0 Å². The van der Waals surface area contributed by atoms with Crippen LogP contribution in [0.1, 0.15) is 31.9 Å². The van der Waals surface area contributed by atoms with Crippen molar-refractivity contribution in [3.05, 3.63) is 71.8 Å². The topological polar surface area (TPSA) is 16.4 Å². The second-order valence-electron chi connectivity index (χ2n) is 8.26. The van der Waals surface area contributed by atoms with Crippen LogP contribution in [0.15, 0.2) is 65.1 Å². The van der Waals surface area contributed by atoms with E-state index in [1.807, 2.05) is 30.3 Å². The summed E-state index contributed by atoms with van der Waals surface area (Å²) in [6.07, 6.45) is -4.44. The average Bonchev–Trinajstić information content (AvgIpc) is 3.04. The molecule has 4 aromatic rings. The maximum absolute atomic E-state index is 13.5. The molecule has 0 radical (unpaired) electrons. The third kappa shape index (κ3) is 3.24. The number of hydrogen-bond acceptors (Lipinski definition) is 2. The molecule has 1 heterocycles. The van der Waals surface area contributed by atoms with E-state index in [1.54, 1.807) is 24.1 Å². The van der Waals surface area contributed by atoms with E-state index in [-0.39, 0.29) is 11.1 Å². The molecule has 1 aromatic heterocycles. The number of halogens is 3. The summed E-state index contributed by atoms with van der Waals surface area (Å²) in [7, 11) is 1.64. The Labute approximate surface area is 167 Å². The first-order valence-corrected chi connectivity index (χ1v) is 9.44. The van der Waals surface area contributed by atoms with Gasteiger partial charge in [0.1, 0.15) is 5.58 Å². The van der Waals surface area contributed by atoms with Crippen molar-refractivity contribution in [3.8, 4) is 0 Å². The molecule has 0 amide bonds. The Kier molecular flexibility index (Phi) is 4.37. The maximum Gasteiger partial charge on any atom is 0.418 e. The van der Waals surface area contributed by atoms with E-state index >= 15 is 0 Å². The van der Waals surface area contributed by atoms with Crippen molar-refractivity contribution in [3.63, 3.8) is 0 Å². The summed E-state index contributed by atoms with van der Waals surface area (Å²) in [5, 5.41) is 1.85. The van der Waals surface area contributed by atoms with Crippen molar-refractivity contribution in [2.24, 2.45) is 0 Å². The van der Waals surface area contributed by atoms with E-state index in [0.29, 0.717) is 11.3 Å². The normalized spacial score (nSPS) is 12.7. The second-order valence-corrected chi connectivity index (χ2v) is 8.26. The van der Waals surface area contributed by atoms with E-state index in [0.717, 1.165) is 28.0 Å². The Morgan fingerprint density at radius 1 is 0.690 bits per heavy atom. The number of rotatable bonds is 2. The van der Waals surface area contributed by atoms with Crippen LogP contribution in [0.4, 0.5) is 24.5 Å². The minimum atomic E-state index is -4.44. The summed E-state index contributed by atoms with van der Waals surface area (Å²) in [5.41, 5.74) is 2.31. The number of furan rings is 1. The smallest absolute Gasteiger partial charge is 0.418 e. The molecule has 0 atom stereocenters. The number of para-hydroxylation sites is 3. The average molecular weight is 397 g/mol. The minimum absolute atomic E-state index is 0.0870. The van der Waals surface area contributed by atoms with Gasteiger partial charge in [0.05, 0.1) is 16.9 Å². The van der Waals surface area contributed by atoms with Gasteiger partial charge in [0, 0.05) is 23.4 Å². The highest BCUT2D eigenvalue weighted by molar-refractivity contribution is 6.10. The number of alkyl halides is 3. The van der Waals surface area contributed by atoms with Gasteiger partial charge in [0.25, 0.3) is 0 Å². The molecule has 0 fully saturated rings. The van der Waals surface area contributed by atoms with Gasteiger partial charge in [0.2, 0.25) is 0 Å². The molecule has 29 heavy (non-hydrogen) atoms. The molecule has 0 aliphatic rings. The third-order valence-corrected chi connectivity index (χ3v) is 5.24. The predicted octanol–water partition coefficient (Wildman–Crippen LogP) is 7.67. The van der Waals surface area contributed by atoms with Gasteiger partial charge in [-0.1, -0.05) is 63.2 Å². The van der Waals surface area contributed by atoms with Crippen molar-refractivity contribution in [1.29, 1.82) is 0 Å². The molecule has 0 saturated carbocycles. The van der Waals surface area contributed by atoms with E-state index in [4.69, 9.17) is 4.42 Å². The lowest BCUT2D eigenvalue weighted by atomic mass is 9.86. The van der Waals surface area contributed by atoms with Crippen LogP contribution in [-0.2, 0) is 11.6 Å². The third-order valence-electron chi connectivity index (χ3n) is 5.24. The molecule has 3 aromatic carbocycles. The first kappa shape index (κ1) is 19.4. The van der Waals surface area contributed by atoms with E-state index in [2.05, 4.69) is 20.8 Å². The summed E-state index contributed by atoms with van der Waals surface area (Å²) >= 11 is 0. The zero-order valence-corrected chi connectivity index (χ0v) is 16.8. The van der Waals surface area contributed by atoms with Gasteiger partial charge in [0.15, 0.2) is 5.58 Å². The molecule has 0 aliphatic heterocycles. The highest BCUT2D eigenvalue weighted by Crippen LogP contribution is 2.43. The Bertz CT molecular complexity index is 1200. The van der Waals surface area contributed by atoms with Crippen LogP contribution in [0, 0.1) is 0 Å². The van der Waals surface area contributed by atoms with Crippen LogP contribution in [0.3, 0.4) is 0 Å². The number of fused-ring (bicyclic) bond motifs is 3. The quantitative estimate of drug-likeness (QED) is 0.345. The number of nitrogens with zero attached hydrogens (tertiary/aromatic N) is 1. The molecule has 5 heteroatoms. The molecule has 0 bridgehead atoms. The highest BCUT2D eigenvalue weighted by Gasteiger charge is 2.34. The van der Waals surface area contributed by atoms with Crippen molar-refractivity contribution in [2.75, 3.05) is 11.9 Å². The lowest BCUT2D eigenvalue weighted by Gasteiger charge is -2.23. The lowest BCUT2D eigenvalue weighted by molar-refractivity contribution is -0.137. The van der Waals surface area contributed by atoms with Crippen LogP contribution in [0.25, 0.3) is 21.9 Å². The standard InChI is InChI=1S/C24H22F3NO/c1-23(2,3)18-12-7-9-15-16-10-8-14-20(22(16)29-21(15)18)28(4)19-13-6-5-11-17(19)24(25,26)27/h5-14H,1-4H3. The largest absolute Gasteiger partial charge is 0.454 e. The van der Waals surface area contributed by atoms with Crippen LogP contribution < -0.4 is 4.90 Å². The summed E-state index contributed by atoms with van der Waals surface area (Å²) in [4.78, 5) is 1.55. The van der Waals surface area contributed by atoms with Gasteiger partial charge < -0.3 is 9.32 Å². The molecule has 0 saturated heterocycles. The Morgan fingerprint density at radius 2 is 1.24 bits per heavy atom. The van der Waals surface area contributed by atoms with Gasteiger partial charge in [-0.2, -0.15) is 13.2 Å². The van der Waals surface area contributed by atoms with Gasteiger partial charge in [-0.25, -0.2) is 0 Å². The fourth-order valence-electron chi connectivity index (χ4n) is 3.80. The SMILES string of the molecule is CN(c1ccccc1C(F)(F)F)c1cccc2c1oc1c(C(C)(C)C)cccc12. The summed E-state index contributed by atoms with van der Waals surface area (Å²) in [6, 6.07) is 17.2. The van der Waals surface area contributed by atoms with E-state index in [9.17, 15) is 13.2 Å². The van der Waals surface area contributed by atoms with Crippen LogP contribution in [0.5, 0.6) is 0 Å². The molecule has 0 spiro atoms. The monoisotopic (exact) mass is 397 g/mol. The molecule has 0 unspecified atom stereocenters. The number of anilines is 2.